The lowest BCUT2D eigenvalue weighted by Crippen LogP contribution is -2.27. The van der Waals surface area contributed by atoms with Gasteiger partial charge in [-0.1, -0.05) is 49.4 Å². The largest absolute Gasteiger partial charge is 0.395 e. The number of hydrogen-bond acceptors (Lipinski definition) is 6. The molecule has 2 atom stereocenters. The number of benzene rings is 2. The molecule has 3 heterocycles. The highest BCUT2D eigenvalue weighted by Crippen LogP contribution is 2.40. The lowest BCUT2D eigenvalue weighted by Gasteiger charge is -2.20. The fourth-order valence-electron chi connectivity index (χ4n) is 4.92. The number of aliphatic imine (C=N–C) groups is 1. The van der Waals surface area contributed by atoms with E-state index in [1.54, 1.807) is 11.3 Å². The van der Waals surface area contributed by atoms with Gasteiger partial charge in [0.15, 0.2) is 0 Å². The standard InChI is InChI=1S/C30H34N4O2S/c1-3-11-34(12-13-35)19-22-7-4-6-21(16-22)9-10-26-24-18-27(31-28(36)17-23-8-5-14-37-23)20(2)15-25(24)29-30(32-26)33-29/h4-10,14-16,18,29-30,33,35H,3,11-13,17,19H2,1-2H3,(H,31,36)/b10-9+. The van der Waals surface area contributed by atoms with Crippen molar-refractivity contribution in [2.24, 2.45) is 4.99 Å². The first-order chi connectivity index (χ1) is 18.0. The lowest BCUT2D eigenvalue weighted by atomic mass is 9.93. The third-order valence-electron chi connectivity index (χ3n) is 6.78. The van der Waals surface area contributed by atoms with Crippen molar-refractivity contribution in [1.29, 1.82) is 0 Å². The van der Waals surface area contributed by atoms with Crippen LogP contribution in [0, 0.1) is 6.92 Å². The molecule has 1 amide bonds. The number of thiophene rings is 1. The number of nitrogens with one attached hydrogen (secondary N) is 2. The molecule has 2 aliphatic rings. The number of aryl methyl sites for hydroxylation is 1. The highest BCUT2D eigenvalue weighted by molar-refractivity contribution is 7.10. The van der Waals surface area contributed by atoms with Crippen molar-refractivity contribution in [3.8, 4) is 0 Å². The number of carbonyl (C=O) groups excluding carboxylic acids is 1. The lowest BCUT2D eigenvalue weighted by molar-refractivity contribution is -0.115. The zero-order chi connectivity index (χ0) is 25.8. The maximum Gasteiger partial charge on any atom is 0.229 e. The quantitative estimate of drug-likeness (QED) is 0.317. The van der Waals surface area contributed by atoms with Gasteiger partial charge in [0.25, 0.3) is 0 Å². The Labute approximate surface area is 222 Å². The van der Waals surface area contributed by atoms with Crippen molar-refractivity contribution in [1.82, 2.24) is 10.2 Å². The molecule has 2 aliphatic heterocycles. The molecule has 37 heavy (non-hydrogen) atoms. The minimum Gasteiger partial charge on any atom is -0.395 e. The van der Waals surface area contributed by atoms with Crippen LogP contribution >= 0.6 is 11.3 Å². The van der Waals surface area contributed by atoms with Gasteiger partial charge in [0.1, 0.15) is 6.17 Å². The van der Waals surface area contributed by atoms with Crippen molar-refractivity contribution < 1.29 is 9.90 Å². The molecule has 3 N–H and O–H groups in total. The van der Waals surface area contributed by atoms with Gasteiger partial charge in [-0.2, -0.15) is 0 Å². The number of rotatable bonds is 11. The molecule has 2 unspecified atom stereocenters. The summed E-state index contributed by atoms with van der Waals surface area (Å²) in [5.41, 5.74) is 7.46. The number of carbonyl (C=O) groups is 1. The Morgan fingerprint density at radius 2 is 2.08 bits per heavy atom. The van der Waals surface area contributed by atoms with Crippen LogP contribution in [0.5, 0.6) is 0 Å². The maximum atomic E-state index is 12.7. The van der Waals surface area contributed by atoms with Crippen LogP contribution in [0.1, 0.15) is 52.1 Å². The number of aliphatic hydroxyl groups is 1. The van der Waals surface area contributed by atoms with Gasteiger partial charge in [-0.3, -0.25) is 20.0 Å². The summed E-state index contributed by atoms with van der Waals surface area (Å²) in [4.78, 5) is 20.9. The molecule has 0 aliphatic carbocycles. The van der Waals surface area contributed by atoms with Crippen LogP contribution in [0.15, 0.2) is 65.0 Å². The third-order valence-corrected chi connectivity index (χ3v) is 7.65. The number of nitrogens with zero attached hydrogens (tertiary/aromatic N) is 2. The molecule has 1 fully saturated rings. The van der Waals surface area contributed by atoms with E-state index in [4.69, 9.17) is 4.99 Å². The molecular formula is C30H34N4O2S. The van der Waals surface area contributed by atoms with Crippen LogP contribution in [-0.2, 0) is 17.8 Å². The molecule has 7 heteroatoms. The second-order valence-electron chi connectivity index (χ2n) is 9.74. The molecular weight excluding hydrogens is 480 g/mol. The van der Waals surface area contributed by atoms with Gasteiger partial charge in [-0.15, -0.1) is 11.3 Å². The van der Waals surface area contributed by atoms with Gasteiger partial charge in [0.2, 0.25) is 5.91 Å². The normalized spacial score (nSPS) is 18.0. The highest BCUT2D eigenvalue weighted by Gasteiger charge is 2.42. The molecule has 1 saturated heterocycles. The van der Waals surface area contributed by atoms with E-state index in [1.165, 1.54) is 11.1 Å². The number of aliphatic hydroxyl groups excluding tert-OH is 1. The van der Waals surface area contributed by atoms with Gasteiger partial charge < -0.3 is 10.4 Å². The highest BCUT2D eigenvalue weighted by atomic mass is 32.1. The van der Waals surface area contributed by atoms with Crippen LogP contribution in [0.25, 0.3) is 6.08 Å². The van der Waals surface area contributed by atoms with E-state index in [0.717, 1.165) is 52.5 Å². The molecule has 6 nitrogen and oxygen atoms in total. The predicted molar refractivity (Wildman–Crippen MR) is 152 cm³/mol. The molecule has 0 spiro atoms. The van der Waals surface area contributed by atoms with Crippen LogP contribution in [0.2, 0.25) is 0 Å². The summed E-state index contributed by atoms with van der Waals surface area (Å²) in [5.74, 6) is -0.00658. The third kappa shape index (κ3) is 6.25. The Bertz CT molecular complexity index is 1310. The number of hydrogen-bond donors (Lipinski definition) is 3. The van der Waals surface area contributed by atoms with Gasteiger partial charge in [0, 0.05) is 29.2 Å². The summed E-state index contributed by atoms with van der Waals surface area (Å²) in [5, 5.41) is 17.9. The van der Waals surface area contributed by atoms with Crippen molar-refractivity contribution in [3.63, 3.8) is 0 Å². The Balaban J connectivity index is 1.34. The van der Waals surface area contributed by atoms with Crippen LogP contribution in [0.4, 0.5) is 5.69 Å². The zero-order valence-electron chi connectivity index (χ0n) is 21.4. The van der Waals surface area contributed by atoms with E-state index in [2.05, 4.69) is 71.0 Å². The van der Waals surface area contributed by atoms with Gasteiger partial charge >= 0.3 is 0 Å². The van der Waals surface area contributed by atoms with Crippen LogP contribution in [0.3, 0.4) is 0 Å². The van der Waals surface area contributed by atoms with E-state index in [9.17, 15) is 9.90 Å². The van der Waals surface area contributed by atoms with E-state index < -0.39 is 0 Å². The molecule has 3 aromatic rings. The van der Waals surface area contributed by atoms with Crippen molar-refractivity contribution in [3.05, 3.63) is 92.7 Å². The zero-order valence-corrected chi connectivity index (χ0v) is 22.2. The minimum absolute atomic E-state index is 0.00658. The Morgan fingerprint density at radius 1 is 1.19 bits per heavy atom. The molecule has 2 aromatic carbocycles. The van der Waals surface area contributed by atoms with E-state index in [0.29, 0.717) is 13.0 Å². The second kappa shape index (κ2) is 11.5. The summed E-state index contributed by atoms with van der Waals surface area (Å²) in [6, 6.07) is 17.0. The van der Waals surface area contributed by atoms with Gasteiger partial charge in [0.05, 0.1) is 24.8 Å². The first-order valence-corrected chi connectivity index (χ1v) is 13.8. The topological polar surface area (TPSA) is 86.9 Å². The Hall–Kier alpha value is -3.10. The van der Waals surface area contributed by atoms with E-state index >= 15 is 0 Å². The Morgan fingerprint density at radius 3 is 2.86 bits per heavy atom. The summed E-state index contributed by atoms with van der Waals surface area (Å²) in [6.07, 6.45) is 5.76. The molecule has 192 valence electrons. The first kappa shape index (κ1) is 25.5. The second-order valence-corrected chi connectivity index (χ2v) is 10.8. The van der Waals surface area contributed by atoms with E-state index in [1.807, 2.05) is 24.4 Å². The number of anilines is 1. The van der Waals surface area contributed by atoms with Crippen molar-refractivity contribution in [2.75, 3.05) is 25.0 Å². The summed E-state index contributed by atoms with van der Waals surface area (Å²) in [7, 11) is 0. The molecule has 5 rings (SSSR count). The number of allylic oxidation sites excluding steroid dienone is 1. The Kier molecular flexibility index (Phi) is 7.96. The SMILES string of the molecule is CCCN(CCO)Cc1cccc(/C=C/C2=NC3NC3c3cc(C)c(NC(=O)Cc4cccs4)cc32)c1. The summed E-state index contributed by atoms with van der Waals surface area (Å²) >= 11 is 1.60. The fraction of sp³-hybridized carbons (Fsp3) is 0.333. The van der Waals surface area contributed by atoms with Crippen LogP contribution < -0.4 is 10.6 Å². The van der Waals surface area contributed by atoms with Crippen molar-refractivity contribution in [2.45, 2.75) is 45.4 Å². The molecule has 0 saturated carbocycles. The van der Waals surface area contributed by atoms with Gasteiger partial charge in [-0.25, -0.2) is 0 Å². The molecule has 0 radical (unpaired) electrons. The monoisotopic (exact) mass is 514 g/mol. The fourth-order valence-corrected chi connectivity index (χ4v) is 5.62. The summed E-state index contributed by atoms with van der Waals surface area (Å²) < 4.78 is 0. The smallest absolute Gasteiger partial charge is 0.229 e. The minimum atomic E-state index is -0.00658. The van der Waals surface area contributed by atoms with Crippen LogP contribution in [-0.4, -0.2) is 47.5 Å². The van der Waals surface area contributed by atoms with Gasteiger partial charge in [-0.05, 0) is 65.7 Å². The number of fused-ring (bicyclic) bond motifs is 3. The van der Waals surface area contributed by atoms with E-state index in [-0.39, 0.29) is 24.7 Å². The van der Waals surface area contributed by atoms with Crippen molar-refractivity contribution >= 4 is 34.7 Å². The number of amides is 1. The summed E-state index contributed by atoms with van der Waals surface area (Å²) in [6.45, 7) is 6.85. The average molecular weight is 515 g/mol. The molecule has 0 bridgehead atoms. The predicted octanol–water partition coefficient (Wildman–Crippen LogP) is 4.93. The maximum absolute atomic E-state index is 12.7. The first-order valence-electron chi connectivity index (χ1n) is 12.9. The molecule has 1 aromatic heterocycles. The average Bonchev–Trinajstić information content (AvgIpc) is 3.48.